The van der Waals surface area contributed by atoms with Gasteiger partial charge in [0.15, 0.2) is 0 Å². The van der Waals surface area contributed by atoms with Gasteiger partial charge in [0.1, 0.15) is 11.5 Å². The summed E-state index contributed by atoms with van der Waals surface area (Å²) >= 11 is 6.05. The second kappa shape index (κ2) is 5.83. The Morgan fingerprint density at radius 2 is 2.00 bits per heavy atom. The van der Waals surface area contributed by atoms with Crippen LogP contribution >= 0.6 is 11.6 Å². The fourth-order valence-corrected chi connectivity index (χ4v) is 3.20. The smallest absolute Gasteiger partial charge is 0.139 e. The van der Waals surface area contributed by atoms with E-state index in [1.54, 1.807) is 24.5 Å². The molecule has 1 saturated heterocycles. The Hall–Kier alpha value is -2.11. The summed E-state index contributed by atoms with van der Waals surface area (Å²) in [5.41, 5.74) is 3.03. The summed E-state index contributed by atoms with van der Waals surface area (Å²) in [7, 11) is 0. The minimum absolute atomic E-state index is 0.299. The predicted octanol–water partition coefficient (Wildman–Crippen LogP) is 3.86. The van der Waals surface area contributed by atoms with Gasteiger partial charge in [-0.2, -0.15) is 0 Å². The fourth-order valence-electron chi connectivity index (χ4n) is 3.02. The first-order chi connectivity index (χ1) is 11.2. The summed E-state index contributed by atoms with van der Waals surface area (Å²) in [5.74, 6) is -0.299. The molecule has 1 aliphatic heterocycles. The van der Waals surface area contributed by atoms with Crippen LogP contribution in [0.15, 0.2) is 36.7 Å². The molecule has 0 radical (unpaired) electrons. The second-order valence-corrected chi connectivity index (χ2v) is 5.92. The minimum Gasteiger partial charge on any atom is -0.378 e. The first-order valence-electron chi connectivity index (χ1n) is 7.48. The van der Waals surface area contributed by atoms with Crippen molar-refractivity contribution >= 4 is 28.3 Å². The predicted molar refractivity (Wildman–Crippen MR) is 89.5 cm³/mol. The van der Waals surface area contributed by atoms with Gasteiger partial charge in [-0.15, -0.1) is 0 Å². The van der Waals surface area contributed by atoms with Gasteiger partial charge in [0.2, 0.25) is 0 Å². The molecular formula is C17H15ClFN3O. The van der Waals surface area contributed by atoms with Crippen LogP contribution in [0.25, 0.3) is 22.2 Å². The third-order valence-corrected chi connectivity index (χ3v) is 4.36. The van der Waals surface area contributed by atoms with Gasteiger partial charge in [0, 0.05) is 47.0 Å². The Balaban J connectivity index is 1.92. The number of rotatable bonds is 2. The summed E-state index contributed by atoms with van der Waals surface area (Å²) in [6.07, 6.45) is 3.55. The van der Waals surface area contributed by atoms with Crippen LogP contribution in [0.4, 0.5) is 10.1 Å². The number of morpholine rings is 1. The molecule has 1 aromatic carbocycles. The molecule has 4 rings (SSSR count). The summed E-state index contributed by atoms with van der Waals surface area (Å²) < 4.78 is 19.7. The molecule has 0 amide bonds. The molecule has 3 heterocycles. The fraction of sp³-hybridized carbons (Fsp3) is 0.235. The molecule has 0 unspecified atom stereocenters. The van der Waals surface area contributed by atoms with E-state index in [-0.39, 0.29) is 5.82 Å². The van der Waals surface area contributed by atoms with Gasteiger partial charge in [-0.25, -0.2) is 9.37 Å². The van der Waals surface area contributed by atoms with Crippen molar-refractivity contribution in [2.45, 2.75) is 0 Å². The van der Waals surface area contributed by atoms with Crippen molar-refractivity contribution in [1.82, 2.24) is 9.97 Å². The van der Waals surface area contributed by atoms with Crippen molar-refractivity contribution in [3.8, 4) is 11.1 Å². The largest absolute Gasteiger partial charge is 0.378 e. The number of anilines is 1. The van der Waals surface area contributed by atoms with Crippen LogP contribution in [-0.2, 0) is 4.74 Å². The summed E-state index contributed by atoms with van der Waals surface area (Å²) in [6.45, 7) is 2.99. The maximum absolute atomic E-state index is 14.3. The first kappa shape index (κ1) is 14.5. The normalized spacial score (nSPS) is 15.3. The highest BCUT2D eigenvalue weighted by molar-refractivity contribution is 6.31. The number of H-pyrrole nitrogens is 1. The number of benzene rings is 1. The molecule has 118 valence electrons. The van der Waals surface area contributed by atoms with Gasteiger partial charge in [0.25, 0.3) is 0 Å². The molecule has 4 nitrogen and oxygen atoms in total. The lowest BCUT2D eigenvalue weighted by atomic mass is 10.0. The zero-order chi connectivity index (χ0) is 15.8. The van der Waals surface area contributed by atoms with Crippen LogP contribution in [0.3, 0.4) is 0 Å². The van der Waals surface area contributed by atoms with E-state index in [2.05, 4.69) is 14.9 Å². The van der Waals surface area contributed by atoms with Crippen LogP contribution in [0, 0.1) is 5.82 Å². The van der Waals surface area contributed by atoms with Crippen molar-refractivity contribution in [3.05, 3.63) is 47.5 Å². The van der Waals surface area contributed by atoms with Crippen LogP contribution in [0.1, 0.15) is 0 Å². The lowest BCUT2D eigenvalue weighted by Crippen LogP contribution is -2.36. The number of pyridine rings is 1. The maximum Gasteiger partial charge on any atom is 0.139 e. The van der Waals surface area contributed by atoms with Gasteiger partial charge in [-0.05, 0) is 24.3 Å². The molecule has 0 spiro atoms. The number of ether oxygens (including phenoxy) is 1. The highest BCUT2D eigenvalue weighted by Gasteiger charge is 2.19. The van der Waals surface area contributed by atoms with E-state index in [1.165, 1.54) is 6.07 Å². The van der Waals surface area contributed by atoms with E-state index in [9.17, 15) is 4.39 Å². The molecule has 1 aliphatic rings. The molecule has 0 atom stereocenters. The first-order valence-corrected chi connectivity index (χ1v) is 7.86. The molecule has 3 aromatic rings. The topological polar surface area (TPSA) is 41.2 Å². The molecule has 0 saturated carbocycles. The Labute approximate surface area is 137 Å². The zero-order valence-corrected chi connectivity index (χ0v) is 13.1. The number of aromatic nitrogens is 2. The number of halogens is 2. The van der Waals surface area contributed by atoms with Crippen molar-refractivity contribution in [2.75, 3.05) is 31.2 Å². The summed E-state index contributed by atoms with van der Waals surface area (Å²) in [5, 5.41) is 1.42. The number of fused-ring (bicyclic) bond motifs is 1. The Morgan fingerprint density at radius 3 is 2.83 bits per heavy atom. The molecule has 0 aliphatic carbocycles. The van der Waals surface area contributed by atoms with Crippen LogP contribution < -0.4 is 4.90 Å². The lowest BCUT2D eigenvalue weighted by molar-refractivity contribution is 0.123. The van der Waals surface area contributed by atoms with Crippen molar-refractivity contribution in [3.63, 3.8) is 0 Å². The minimum atomic E-state index is -0.299. The van der Waals surface area contributed by atoms with Crippen molar-refractivity contribution < 1.29 is 9.13 Å². The summed E-state index contributed by atoms with van der Waals surface area (Å²) in [6, 6.07) is 6.56. The van der Waals surface area contributed by atoms with Crippen molar-refractivity contribution in [2.24, 2.45) is 0 Å². The van der Waals surface area contributed by atoms with E-state index in [1.807, 2.05) is 6.07 Å². The zero-order valence-electron chi connectivity index (χ0n) is 12.4. The van der Waals surface area contributed by atoms with E-state index in [0.717, 1.165) is 35.4 Å². The quantitative estimate of drug-likeness (QED) is 0.775. The molecule has 1 N–H and O–H groups in total. The number of hydrogen-bond acceptors (Lipinski definition) is 3. The molecule has 2 aromatic heterocycles. The molecule has 1 fully saturated rings. The molecular weight excluding hydrogens is 317 g/mol. The average molecular weight is 332 g/mol. The van der Waals surface area contributed by atoms with E-state index < -0.39 is 0 Å². The highest BCUT2D eigenvalue weighted by Crippen LogP contribution is 2.37. The Kier molecular flexibility index (Phi) is 3.67. The molecule has 23 heavy (non-hydrogen) atoms. The number of hydrogen-bond donors (Lipinski definition) is 1. The number of nitrogens with zero attached hydrogens (tertiary/aromatic N) is 2. The second-order valence-electron chi connectivity index (χ2n) is 5.48. The van der Waals surface area contributed by atoms with E-state index in [0.29, 0.717) is 23.8 Å². The monoisotopic (exact) mass is 331 g/mol. The van der Waals surface area contributed by atoms with Gasteiger partial charge in [0.05, 0.1) is 18.9 Å². The highest BCUT2D eigenvalue weighted by atomic mass is 35.5. The van der Waals surface area contributed by atoms with Crippen LogP contribution in [-0.4, -0.2) is 36.3 Å². The van der Waals surface area contributed by atoms with Gasteiger partial charge >= 0.3 is 0 Å². The van der Waals surface area contributed by atoms with Crippen molar-refractivity contribution in [1.29, 1.82) is 0 Å². The van der Waals surface area contributed by atoms with E-state index >= 15 is 0 Å². The maximum atomic E-state index is 14.3. The van der Waals surface area contributed by atoms with Gasteiger partial charge in [-0.3, -0.25) is 0 Å². The third kappa shape index (κ3) is 2.56. The number of nitrogens with one attached hydrogen (secondary N) is 1. The third-order valence-electron chi connectivity index (χ3n) is 4.12. The SMILES string of the molecule is Fc1ccc(Cl)cc1-c1c[nH]c2nccc(N3CCOCC3)c12. The Bertz CT molecular complexity index is 858. The standard InChI is InChI=1S/C17H15ClFN3O/c18-11-1-2-14(19)12(9-11)13-10-21-17-16(13)15(3-4-20-17)22-5-7-23-8-6-22/h1-4,9-10H,5-8H2,(H,20,21). The van der Waals surface area contributed by atoms with E-state index in [4.69, 9.17) is 16.3 Å². The molecule has 0 bridgehead atoms. The van der Waals surface area contributed by atoms with Gasteiger partial charge in [-0.1, -0.05) is 11.6 Å². The van der Waals surface area contributed by atoms with Crippen LogP contribution in [0.5, 0.6) is 0 Å². The molecule has 6 heteroatoms. The lowest BCUT2D eigenvalue weighted by Gasteiger charge is -2.29. The summed E-state index contributed by atoms with van der Waals surface area (Å²) in [4.78, 5) is 9.74. The average Bonchev–Trinajstić information content (AvgIpc) is 3.02. The number of aromatic amines is 1. The van der Waals surface area contributed by atoms with Gasteiger partial charge < -0.3 is 14.6 Å². The van der Waals surface area contributed by atoms with Crippen LogP contribution in [0.2, 0.25) is 5.02 Å². The Morgan fingerprint density at radius 1 is 1.17 bits per heavy atom.